The first-order valence-corrected chi connectivity index (χ1v) is 10.6. The van der Waals surface area contributed by atoms with Gasteiger partial charge in [0, 0.05) is 6.42 Å². The number of hydrogen-bond donors (Lipinski definition) is 2. The highest BCUT2D eigenvalue weighted by molar-refractivity contribution is 5.73. The molecule has 28 heavy (non-hydrogen) atoms. The van der Waals surface area contributed by atoms with E-state index in [0.717, 1.165) is 25.7 Å². The van der Waals surface area contributed by atoms with Crippen molar-refractivity contribution in [2.24, 2.45) is 11.8 Å². The van der Waals surface area contributed by atoms with Crippen molar-refractivity contribution in [1.29, 1.82) is 0 Å². The predicted octanol–water partition coefficient (Wildman–Crippen LogP) is 2.92. The van der Waals surface area contributed by atoms with Gasteiger partial charge in [0.1, 0.15) is 6.10 Å². The van der Waals surface area contributed by atoms with Crippen molar-refractivity contribution in [3.63, 3.8) is 0 Å². The second-order valence-corrected chi connectivity index (χ2v) is 8.44. The highest BCUT2D eigenvalue weighted by Crippen LogP contribution is 2.31. The van der Waals surface area contributed by atoms with E-state index in [1.807, 2.05) is 20.8 Å². The van der Waals surface area contributed by atoms with E-state index in [1.54, 1.807) is 6.92 Å². The third-order valence-corrected chi connectivity index (χ3v) is 6.08. The molecule has 0 aromatic carbocycles. The number of carbonyl (C=O) groups excluding carboxylic acids is 1. The van der Waals surface area contributed by atoms with E-state index >= 15 is 0 Å². The summed E-state index contributed by atoms with van der Waals surface area (Å²) < 4.78 is 17.4. The number of aliphatic carboxylic acids is 1. The van der Waals surface area contributed by atoms with Crippen LogP contribution in [0, 0.1) is 11.8 Å². The van der Waals surface area contributed by atoms with Gasteiger partial charge in [0.15, 0.2) is 0 Å². The molecule has 0 amide bonds. The van der Waals surface area contributed by atoms with Gasteiger partial charge in [-0.25, -0.2) is 0 Å². The van der Waals surface area contributed by atoms with E-state index in [-0.39, 0.29) is 48.5 Å². The van der Waals surface area contributed by atoms with E-state index in [9.17, 15) is 14.7 Å². The number of carboxylic acid groups (broad SMARTS) is 1. The molecule has 2 N–H and O–H groups in total. The Hall–Kier alpha value is -1.18. The smallest absolute Gasteiger partial charge is 0.311 e. The van der Waals surface area contributed by atoms with Crippen LogP contribution in [0.1, 0.15) is 72.6 Å². The number of rotatable bonds is 10. The molecule has 0 saturated carbocycles. The monoisotopic (exact) mass is 400 g/mol. The Balaban J connectivity index is 1.73. The molecular weight excluding hydrogens is 364 g/mol. The van der Waals surface area contributed by atoms with Gasteiger partial charge in [-0.1, -0.05) is 6.92 Å². The average molecular weight is 401 g/mol. The highest BCUT2D eigenvalue weighted by atomic mass is 16.6. The molecule has 0 radical (unpaired) electrons. The maximum absolute atomic E-state index is 12.5. The lowest BCUT2D eigenvalue weighted by molar-refractivity contribution is -0.159. The van der Waals surface area contributed by atoms with E-state index in [0.29, 0.717) is 19.3 Å². The van der Waals surface area contributed by atoms with E-state index < -0.39 is 11.9 Å². The molecule has 2 aliphatic heterocycles. The Morgan fingerprint density at radius 3 is 2.04 bits per heavy atom. The van der Waals surface area contributed by atoms with Crippen molar-refractivity contribution in [2.75, 3.05) is 0 Å². The SMILES string of the molecule is CC[C@H](O)C[C@@H]1CC[C@H]([C@H](C)C(=O)O[C@H](C)C[C@@H]2CC[C@H]([C@H](C)C(=O)O)O2)O1. The van der Waals surface area contributed by atoms with Gasteiger partial charge in [-0.2, -0.15) is 0 Å². The van der Waals surface area contributed by atoms with E-state index in [4.69, 9.17) is 19.3 Å². The number of hydrogen-bond acceptors (Lipinski definition) is 6. The molecule has 0 bridgehead atoms. The van der Waals surface area contributed by atoms with Crippen LogP contribution in [-0.4, -0.2) is 58.8 Å². The molecule has 2 aliphatic rings. The molecule has 0 spiro atoms. The first-order valence-electron chi connectivity index (χ1n) is 10.6. The molecule has 7 nitrogen and oxygen atoms in total. The van der Waals surface area contributed by atoms with Crippen LogP contribution < -0.4 is 0 Å². The van der Waals surface area contributed by atoms with Crippen LogP contribution >= 0.6 is 0 Å². The van der Waals surface area contributed by atoms with Crippen molar-refractivity contribution < 1.29 is 34.0 Å². The molecule has 7 heteroatoms. The average Bonchev–Trinajstić information content (AvgIpc) is 3.29. The molecule has 2 heterocycles. The Morgan fingerprint density at radius 1 is 0.964 bits per heavy atom. The summed E-state index contributed by atoms with van der Waals surface area (Å²) in [6.07, 6.45) is 3.88. The molecular formula is C21H36O7. The van der Waals surface area contributed by atoms with Crippen molar-refractivity contribution in [3.05, 3.63) is 0 Å². The Morgan fingerprint density at radius 2 is 1.50 bits per heavy atom. The zero-order valence-electron chi connectivity index (χ0n) is 17.5. The fourth-order valence-electron chi connectivity index (χ4n) is 4.05. The molecule has 8 atom stereocenters. The second kappa shape index (κ2) is 10.6. The molecule has 0 aliphatic carbocycles. The van der Waals surface area contributed by atoms with E-state index in [2.05, 4.69) is 0 Å². The van der Waals surface area contributed by atoms with Crippen LogP contribution in [-0.2, 0) is 23.8 Å². The van der Waals surface area contributed by atoms with E-state index in [1.165, 1.54) is 0 Å². The fraction of sp³-hybridized carbons (Fsp3) is 0.905. The molecule has 0 aromatic rings. The minimum absolute atomic E-state index is 0.00710. The van der Waals surface area contributed by atoms with Crippen LogP contribution in [0.25, 0.3) is 0 Å². The standard InChI is InChI=1S/C21H36O7/c1-5-15(22)11-17-7-9-19(28-17)14(4)21(25)26-12(2)10-16-6-8-18(27-16)13(3)20(23)24/h12-19,22H,5-11H2,1-4H3,(H,23,24)/t12-,13+,14+,15+,16+,17+,18-,19-/m1/s1. The van der Waals surface area contributed by atoms with Crippen molar-refractivity contribution in [3.8, 4) is 0 Å². The Labute approximate surface area is 167 Å². The number of esters is 1. The van der Waals surface area contributed by atoms with Crippen LogP contribution in [0.3, 0.4) is 0 Å². The van der Waals surface area contributed by atoms with Gasteiger partial charge in [-0.15, -0.1) is 0 Å². The number of ether oxygens (including phenoxy) is 3. The molecule has 0 unspecified atom stereocenters. The topological polar surface area (TPSA) is 102 Å². The highest BCUT2D eigenvalue weighted by Gasteiger charge is 2.36. The fourth-order valence-corrected chi connectivity index (χ4v) is 4.05. The lowest BCUT2D eigenvalue weighted by Crippen LogP contribution is -2.32. The van der Waals surface area contributed by atoms with Gasteiger partial charge in [-0.05, 0) is 59.3 Å². The minimum atomic E-state index is -0.847. The number of aliphatic hydroxyl groups excluding tert-OH is 1. The summed E-state index contributed by atoms with van der Waals surface area (Å²) >= 11 is 0. The third kappa shape index (κ3) is 6.42. The third-order valence-electron chi connectivity index (χ3n) is 6.08. The second-order valence-electron chi connectivity index (χ2n) is 8.44. The summed E-state index contributed by atoms with van der Waals surface area (Å²) in [6, 6.07) is 0. The number of carboxylic acids is 1. The number of aliphatic hydroxyl groups is 1. The van der Waals surface area contributed by atoms with Crippen LogP contribution in [0.4, 0.5) is 0 Å². The summed E-state index contributed by atoms with van der Waals surface area (Å²) in [5, 5.41) is 18.9. The van der Waals surface area contributed by atoms with Gasteiger partial charge in [0.25, 0.3) is 0 Å². The lowest BCUT2D eigenvalue weighted by atomic mass is 10.0. The van der Waals surface area contributed by atoms with Gasteiger partial charge in [-0.3, -0.25) is 9.59 Å². The summed E-state index contributed by atoms with van der Waals surface area (Å²) in [5.74, 6) is -2.00. The maximum atomic E-state index is 12.5. The molecule has 2 rings (SSSR count). The van der Waals surface area contributed by atoms with Crippen LogP contribution in [0.15, 0.2) is 0 Å². The Bertz CT molecular complexity index is 523. The quantitative estimate of drug-likeness (QED) is 0.544. The molecule has 2 saturated heterocycles. The first-order chi connectivity index (χ1) is 13.2. The van der Waals surface area contributed by atoms with Crippen molar-refractivity contribution in [2.45, 2.75) is 109 Å². The largest absolute Gasteiger partial charge is 0.481 e. The van der Waals surface area contributed by atoms with Gasteiger partial charge < -0.3 is 24.4 Å². The van der Waals surface area contributed by atoms with Crippen molar-refractivity contribution >= 4 is 11.9 Å². The van der Waals surface area contributed by atoms with Gasteiger partial charge >= 0.3 is 11.9 Å². The predicted molar refractivity (Wildman–Crippen MR) is 103 cm³/mol. The summed E-state index contributed by atoms with van der Waals surface area (Å²) in [7, 11) is 0. The van der Waals surface area contributed by atoms with Gasteiger partial charge in [0.2, 0.25) is 0 Å². The molecule has 162 valence electrons. The number of carbonyl (C=O) groups is 2. The summed E-state index contributed by atoms with van der Waals surface area (Å²) in [5.41, 5.74) is 0. The van der Waals surface area contributed by atoms with Gasteiger partial charge in [0.05, 0.1) is 42.4 Å². The first kappa shape index (κ1) is 23.1. The summed E-state index contributed by atoms with van der Waals surface area (Å²) in [6.45, 7) is 7.28. The van der Waals surface area contributed by atoms with Crippen LogP contribution in [0.5, 0.6) is 0 Å². The zero-order valence-corrected chi connectivity index (χ0v) is 17.5. The van der Waals surface area contributed by atoms with Crippen molar-refractivity contribution in [1.82, 2.24) is 0 Å². The summed E-state index contributed by atoms with van der Waals surface area (Å²) in [4.78, 5) is 23.6. The lowest BCUT2D eigenvalue weighted by Gasteiger charge is -2.23. The Kier molecular flexibility index (Phi) is 8.71. The zero-order chi connectivity index (χ0) is 20.8. The molecule has 2 fully saturated rings. The normalized spacial score (nSPS) is 31.9. The molecule has 0 aromatic heterocycles. The maximum Gasteiger partial charge on any atom is 0.311 e. The van der Waals surface area contributed by atoms with Crippen LogP contribution in [0.2, 0.25) is 0 Å². The minimum Gasteiger partial charge on any atom is -0.481 e.